The minimum absolute atomic E-state index is 0.320. The van der Waals surface area contributed by atoms with Crippen LogP contribution in [0.1, 0.15) is 46.0 Å². The van der Waals surface area contributed by atoms with Gasteiger partial charge in [0.05, 0.1) is 0 Å². The van der Waals surface area contributed by atoms with Gasteiger partial charge in [0.1, 0.15) is 0 Å². The summed E-state index contributed by atoms with van der Waals surface area (Å²) in [5, 5.41) is 3.63. The molecule has 3 nitrogen and oxygen atoms in total. The maximum atomic E-state index is 11.7. The van der Waals surface area contributed by atoms with Crippen molar-refractivity contribution in [2.75, 3.05) is 6.54 Å². The van der Waals surface area contributed by atoms with Crippen LogP contribution in [-0.4, -0.2) is 35.5 Å². The number of carbonyl (C=O) groups excluding carboxylic acids is 1. The van der Waals surface area contributed by atoms with Gasteiger partial charge >= 0.3 is 0 Å². The third-order valence-corrected chi connectivity index (χ3v) is 3.61. The summed E-state index contributed by atoms with van der Waals surface area (Å²) in [5.74, 6) is 0.320. The van der Waals surface area contributed by atoms with Gasteiger partial charge in [-0.2, -0.15) is 0 Å². The van der Waals surface area contributed by atoms with Gasteiger partial charge in [0.15, 0.2) is 0 Å². The van der Waals surface area contributed by atoms with Crippen LogP contribution in [0.15, 0.2) is 0 Å². The number of nitrogens with zero attached hydrogens (tertiary/aromatic N) is 1. The summed E-state index contributed by atoms with van der Waals surface area (Å²) in [5.41, 5.74) is 0. The predicted octanol–water partition coefficient (Wildman–Crippen LogP) is 1.53. The maximum absolute atomic E-state index is 11.7. The molecule has 3 heteroatoms. The molecule has 1 aliphatic heterocycles. The first-order chi connectivity index (χ1) is 7.16. The zero-order chi connectivity index (χ0) is 10.8. The first kappa shape index (κ1) is 10.9. The average Bonchev–Trinajstić information content (AvgIpc) is 2.75. The minimum Gasteiger partial charge on any atom is -0.339 e. The van der Waals surface area contributed by atoms with Crippen LogP contribution in [0.3, 0.4) is 0 Å². The molecule has 2 fully saturated rings. The highest BCUT2D eigenvalue weighted by atomic mass is 16.2. The highest BCUT2D eigenvalue weighted by Crippen LogP contribution is 2.21. The van der Waals surface area contributed by atoms with Crippen molar-refractivity contribution in [1.82, 2.24) is 10.2 Å². The molecule has 1 amide bonds. The monoisotopic (exact) mass is 210 g/mol. The van der Waals surface area contributed by atoms with Crippen molar-refractivity contribution in [1.29, 1.82) is 0 Å². The van der Waals surface area contributed by atoms with Crippen LogP contribution in [0, 0.1) is 0 Å². The van der Waals surface area contributed by atoms with Crippen LogP contribution in [0.2, 0.25) is 0 Å². The highest BCUT2D eigenvalue weighted by molar-refractivity contribution is 5.79. The summed E-state index contributed by atoms with van der Waals surface area (Å²) >= 11 is 0. The molecule has 1 saturated heterocycles. The molecule has 1 aliphatic carbocycles. The molecule has 0 aromatic heterocycles. The van der Waals surface area contributed by atoms with E-state index < -0.39 is 0 Å². The van der Waals surface area contributed by atoms with E-state index in [1.165, 1.54) is 25.7 Å². The van der Waals surface area contributed by atoms with Crippen molar-refractivity contribution < 1.29 is 4.79 Å². The van der Waals surface area contributed by atoms with Crippen LogP contribution in [-0.2, 0) is 4.79 Å². The van der Waals surface area contributed by atoms with Crippen molar-refractivity contribution in [2.45, 2.75) is 64.1 Å². The Balaban J connectivity index is 1.83. The van der Waals surface area contributed by atoms with Crippen LogP contribution in [0.4, 0.5) is 0 Å². The van der Waals surface area contributed by atoms with Crippen molar-refractivity contribution in [2.24, 2.45) is 0 Å². The molecule has 0 aromatic rings. The second kappa shape index (κ2) is 4.52. The van der Waals surface area contributed by atoms with Gasteiger partial charge in [-0.15, -0.1) is 0 Å². The Hall–Kier alpha value is -0.570. The lowest BCUT2D eigenvalue weighted by atomic mass is 10.2. The van der Waals surface area contributed by atoms with Crippen LogP contribution >= 0.6 is 0 Å². The summed E-state index contributed by atoms with van der Waals surface area (Å²) in [6, 6.07) is 1.44. The van der Waals surface area contributed by atoms with Crippen molar-refractivity contribution in [3.05, 3.63) is 0 Å². The fraction of sp³-hybridized carbons (Fsp3) is 0.917. The minimum atomic E-state index is 0.320. The molecular formula is C12H22N2O. The predicted molar refractivity (Wildman–Crippen MR) is 60.6 cm³/mol. The molecule has 2 aliphatic rings. The molecule has 0 radical (unpaired) electrons. The van der Waals surface area contributed by atoms with E-state index in [0.717, 1.165) is 6.54 Å². The Morgan fingerprint density at radius 1 is 1.27 bits per heavy atom. The SMILES string of the molecule is CC(C)N1CC(NC2CCCC2)CC1=O. The van der Waals surface area contributed by atoms with Gasteiger partial charge in [0.25, 0.3) is 0 Å². The molecule has 2 rings (SSSR count). The first-order valence-corrected chi connectivity index (χ1v) is 6.22. The second-order valence-corrected chi connectivity index (χ2v) is 5.19. The van der Waals surface area contributed by atoms with Crippen molar-refractivity contribution in [3.63, 3.8) is 0 Å². The quantitative estimate of drug-likeness (QED) is 0.766. The number of nitrogens with one attached hydrogen (secondary N) is 1. The molecule has 1 heterocycles. The van der Waals surface area contributed by atoms with Crippen LogP contribution in [0.25, 0.3) is 0 Å². The molecule has 1 atom stereocenters. The molecule has 0 spiro atoms. The summed E-state index contributed by atoms with van der Waals surface area (Å²) in [6.07, 6.45) is 6.01. The fourth-order valence-electron chi connectivity index (χ4n) is 2.77. The van der Waals surface area contributed by atoms with Gasteiger partial charge in [-0.1, -0.05) is 12.8 Å². The standard InChI is InChI=1S/C12H22N2O/c1-9(2)14-8-11(7-12(14)15)13-10-5-3-4-6-10/h9-11,13H,3-8H2,1-2H3. The zero-order valence-electron chi connectivity index (χ0n) is 9.83. The molecule has 1 saturated carbocycles. The molecule has 86 valence electrons. The largest absolute Gasteiger partial charge is 0.339 e. The van der Waals surface area contributed by atoms with E-state index in [-0.39, 0.29) is 0 Å². The van der Waals surface area contributed by atoms with Gasteiger partial charge in [-0.25, -0.2) is 0 Å². The van der Waals surface area contributed by atoms with Crippen LogP contribution < -0.4 is 5.32 Å². The zero-order valence-corrected chi connectivity index (χ0v) is 9.83. The van der Waals surface area contributed by atoms with Gasteiger partial charge in [0, 0.05) is 31.1 Å². The Labute approximate surface area is 92.2 Å². The van der Waals surface area contributed by atoms with Gasteiger partial charge < -0.3 is 10.2 Å². The van der Waals surface area contributed by atoms with Crippen molar-refractivity contribution in [3.8, 4) is 0 Å². The Morgan fingerprint density at radius 3 is 2.47 bits per heavy atom. The number of hydrogen-bond acceptors (Lipinski definition) is 2. The lowest BCUT2D eigenvalue weighted by molar-refractivity contribution is -0.129. The van der Waals surface area contributed by atoms with Gasteiger partial charge in [-0.05, 0) is 26.7 Å². The van der Waals surface area contributed by atoms with Gasteiger partial charge in [0.2, 0.25) is 5.91 Å². The number of rotatable bonds is 3. The Bertz CT molecular complexity index is 234. The summed E-state index contributed by atoms with van der Waals surface area (Å²) in [4.78, 5) is 13.7. The number of carbonyl (C=O) groups is 1. The molecule has 1 N–H and O–H groups in total. The molecule has 1 unspecified atom stereocenters. The van der Waals surface area contributed by atoms with E-state index in [1.54, 1.807) is 0 Å². The summed E-state index contributed by atoms with van der Waals surface area (Å²) in [7, 11) is 0. The molecular weight excluding hydrogens is 188 g/mol. The number of hydrogen-bond donors (Lipinski definition) is 1. The number of likely N-dealkylation sites (tertiary alicyclic amines) is 1. The lowest BCUT2D eigenvalue weighted by Gasteiger charge is -2.22. The maximum Gasteiger partial charge on any atom is 0.224 e. The van der Waals surface area contributed by atoms with Crippen molar-refractivity contribution >= 4 is 5.91 Å². The van der Waals surface area contributed by atoms with E-state index in [4.69, 9.17) is 0 Å². The average molecular weight is 210 g/mol. The van der Waals surface area contributed by atoms with E-state index >= 15 is 0 Å². The van der Waals surface area contributed by atoms with E-state index in [2.05, 4.69) is 19.2 Å². The highest BCUT2D eigenvalue weighted by Gasteiger charge is 2.32. The van der Waals surface area contributed by atoms with E-state index in [9.17, 15) is 4.79 Å². The Morgan fingerprint density at radius 2 is 1.93 bits per heavy atom. The van der Waals surface area contributed by atoms with E-state index in [0.29, 0.717) is 30.5 Å². The topological polar surface area (TPSA) is 32.3 Å². The van der Waals surface area contributed by atoms with Gasteiger partial charge in [-0.3, -0.25) is 4.79 Å². The smallest absolute Gasteiger partial charge is 0.224 e. The normalized spacial score (nSPS) is 28.3. The fourth-order valence-corrected chi connectivity index (χ4v) is 2.77. The summed E-state index contributed by atoms with van der Waals surface area (Å²) < 4.78 is 0. The third-order valence-electron chi connectivity index (χ3n) is 3.61. The lowest BCUT2D eigenvalue weighted by Crippen LogP contribution is -2.40. The van der Waals surface area contributed by atoms with Crippen LogP contribution in [0.5, 0.6) is 0 Å². The third kappa shape index (κ3) is 2.51. The van der Waals surface area contributed by atoms with E-state index in [1.807, 2.05) is 4.90 Å². The molecule has 15 heavy (non-hydrogen) atoms. The number of amides is 1. The first-order valence-electron chi connectivity index (χ1n) is 6.22. The molecule has 0 aromatic carbocycles. The summed E-state index contributed by atoms with van der Waals surface area (Å²) in [6.45, 7) is 5.10. The molecule has 0 bridgehead atoms. The second-order valence-electron chi connectivity index (χ2n) is 5.19. The Kier molecular flexibility index (Phi) is 3.29.